The largest absolute Gasteiger partial charge is 0.467 e. The van der Waals surface area contributed by atoms with E-state index < -0.39 is 5.92 Å². The van der Waals surface area contributed by atoms with E-state index in [1.165, 1.54) is 0 Å². The number of benzene rings is 1. The number of nitrogens with zero attached hydrogens (tertiary/aromatic N) is 3. The molecular formula is C21H20Cl2N4O3. The van der Waals surface area contributed by atoms with Crippen LogP contribution in [0.1, 0.15) is 23.4 Å². The summed E-state index contributed by atoms with van der Waals surface area (Å²) in [6.45, 7) is 4.44. The van der Waals surface area contributed by atoms with E-state index in [9.17, 15) is 9.59 Å². The molecule has 0 radical (unpaired) electrons. The molecule has 0 bridgehead atoms. The molecule has 2 aromatic heterocycles. The summed E-state index contributed by atoms with van der Waals surface area (Å²) in [5.74, 6) is 0.484. The number of aromatic nitrogens is 2. The predicted octanol–water partition coefficient (Wildman–Crippen LogP) is 4.38. The number of carbonyl (C=O) groups is 2. The van der Waals surface area contributed by atoms with Gasteiger partial charge in [-0.25, -0.2) is 4.68 Å². The molecule has 1 aromatic carbocycles. The normalized spacial score (nSPS) is 16.3. The average Bonchev–Trinajstić information content (AvgIpc) is 3.42. The van der Waals surface area contributed by atoms with Crippen molar-refractivity contribution in [3.8, 4) is 5.69 Å². The van der Waals surface area contributed by atoms with Crippen LogP contribution in [0.3, 0.4) is 0 Å². The molecule has 1 atom stereocenters. The molecule has 0 aliphatic carbocycles. The van der Waals surface area contributed by atoms with Gasteiger partial charge in [0.2, 0.25) is 11.8 Å². The lowest BCUT2D eigenvalue weighted by molar-refractivity contribution is -0.128. The van der Waals surface area contributed by atoms with Crippen LogP contribution in [0.2, 0.25) is 10.0 Å². The average molecular weight is 447 g/mol. The van der Waals surface area contributed by atoms with Gasteiger partial charge >= 0.3 is 0 Å². The van der Waals surface area contributed by atoms with Crippen molar-refractivity contribution in [1.29, 1.82) is 0 Å². The number of nitrogens with one attached hydrogen (secondary N) is 1. The summed E-state index contributed by atoms with van der Waals surface area (Å²) in [5.41, 5.74) is 2.29. The molecule has 1 fully saturated rings. The van der Waals surface area contributed by atoms with Gasteiger partial charge in [0.1, 0.15) is 11.6 Å². The van der Waals surface area contributed by atoms with Crippen LogP contribution < -0.4 is 5.32 Å². The minimum atomic E-state index is -0.454. The highest BCUT2D eigenvalue weighted by Crippen LogP contribution is 2.29. The zero-order valence-electron chi connectivity index (χ0n) is 16.5. The Labute approximate surface area is 183 Å². The Morgan fingerprint density at radius 3 is 2.77 bits per heavy atom. The molecule has 1 aliphatic heterocycles. The molecule has 1 N–H and O–H groups in total. The van der Waals surface area contributed by atoms with Crippen LogP contribution in [0.4, 0.5) is 5.82 Å². The first kappa shape index (κ1) is 20.5. The molecule has 0 unspecified atom stereocenters. The number of halogens is 2. The molecule has 9 heteroatoms. The van der Waals surface area contributed by atoms with Crippen LogP contribution in [0.15, 0.2) is 41.0 Å². The van der Waals surface area contributed by atoms with Gasteiger partial charge in [-0.2, -0.15) is 5.10 Å². The summed E-state index contributed by atoms with van der Waals surface area (Å²) in [4.78, 5) is 27.0. The zero-order chi connectivity index (χ0) is 21.4. The van der Waals surface area contributed by atoms with Gasteiger partial charge in [-0.3, -0.25) is 9.59 Å². The standard InChI is InChI=1S/C21H20Cl2N4O3/c1-12-13(2)25-27(15-5-6-17(22)18(23)9-15)20(12)24-21(29)14-8-19(28)26(10-14)11-16-4-3-7-30-16/h3-7,9,14H,8,10-11H2,1-2H3,(H,24,29)/t14-/m0/s1. The van der Waals surface area contributed by atoms with Gasteiger partial charge in [-0.15, -0.1) is 0 Å². The quantitative estimate of drug-likeness (QED) is 0.630. The highest BCUT2D eigenvalue weighted by Gasteiger charge is 2.35. The number of rotatable bonds is 5. The lowest BCUT2D eigenvalue weighted by atomic mass is 10.1. The highest BCUT2D eigenvalue weighted by molar-refractivity contribution is 6.42. The number of hydrogen-bond acceptors (Lipinski definition) is 4. The first-order valence-electron chi connectivity index (χ1n) is 9.46. The molecular weight excluding hydrogens is 427 g/mol. The molecule has 156 valence electrons. The number of furan rings is 1. The summed E-state index contributed by atoms with van der Waals surface area (Å²) >= 11 is 12.2. The number of carbonyl (C=O) groups excluding carboxylic acids is 2. The van der Waals surface area contributed by atoms with Crippen LogP contribution in [-0.4, -0.2) is 33.0 Å². The van der Waals surface area contributed by atoms with Crippen LogP contribution in [0, 0.1) is 19.8 Å². The van der Waals surface area contributed by atoms with E-state index in [0.29, 0.717) is 40.4 Å². The Kier molecular flexibility index (Phi) is 5.58. The lowest BCUT2D eigenvalue weighted by Crippen LogP contribution is -2.28. The van der Waals surface area contributed by atoms with Gasteiger partial charge in [-0.1, -0.05) is 23.2 Å². The number of aryl methyl sites for hydroxylation is 1. The molecule has 7 nitrogen and oxygen atoms in total. The first-order valence-corrected chi connectivity index (χ1v) is 10.2. The smallest absolute Gasteiger partial charge is 0.230 e. The number of hydrogen-bond donors (Lipinski definition) is 1. The van der Waals surface area contributed by atoms with Crippen molar-refractivity contribution < 1.29 is 14.0 Å². The maximum Gasteiger partial charge on any atom is 0.230 e. The van der Waals surface area contributed by atoms with Gasteiger partial charge in [0.05, 0.1) is 40.2 Å². The summed E-state index contributed by atoms with van der Waals surface area (Å²) in [6.07, 6.45) is 1.72. The van der Waals surface area contributed by atoms with Gasteiger partial charge in [0.15, 0.2) is 0 Å². The monoisotopic (exact) mass is 446 g/mol. The lowest BCUT2D eigenvalue weighted by Gasteiger charge is -2.16. The summed E-state index contributed by atoms with van der Waals surface area (Å²) in [6, 6.07) is 8.73. The third-order valence-electron chi connectivity index (χ3n) is 5.26. The third kappa shape index (κ3) is 3.95. The summed E-state index contributed by atoms with van der Waals surface area (Å²) in [5, 5.41) is 8.31. The number of anilines is 1. The van der Waals surface area contributed by atoms with E-state index in [-0.39, 0.29) is 18.2 Å². The first-order chi connectivity index (χ1) is 14.3. The SMILES string of the molecule is Cc1nn(-c2ccc(Cl)c(Cl)c2)c(NC(=O)[C@H]2CC(=O)N(Cc3ccco3)C2)c1C. The molecule has 0 spiro atoms. The fraction of sp³-hybridized carbons (Fsp3) is 0.286. The van der Waals surface area contributed by atoms with Crippen molar-refractivity contribution in [1.82, 2.24) is 14.7 Å². The van der Waals surface area contributed by atoms with Crippen molar-refractivity contribution in [2.75, 3.05) is 11.9 Å². The Bertz CT molecular complexity index is 1110. The summed E-state index contributed by atoms with van der Waals surface area (Å²) < 4.78 is 6.94. The van der Waals surface area contributed by atoms with Gasteiger partial charge < -0.3 is 14.6 Å². The predicted molar refractivity (Wildman–Crippen MR) is 114 cm³/mol. The zero-order valence-corrected chi connectivity index (χ0v) is 18.0. The fourth-order valence-electron chi connectivity index (χ4n) is 3.47. The topological polar surface area (TPSA) is 80.4 Å². The Morgan fingerprint density at radius 2 is 2.07 bits per heavy atom. The van der Waals surface area contributed by atoms with Crippen molar-refractivity contribution in [2.45, 2.75) is 26.8 Å². The molecule has 1 saturated heterocycles. The van der Waals surface area contributed by atoms with Gasteiger partial charge in [0.25, 0.3) is 0 Å². The number of likely N-dealkylation sites (tertiary alicyclic amines) is 1. The molecule has 4 rings (SSSR count). The molecule has 0 saturated carbocycles. The Hall–Kier alpha value is -2.77. The van der Waals surface area contributed by atoms with Crippen LogP contribution >= 0.6 is 23.2 Å². The maximum absolute atomic E-state index is 13.0. The second-order valence-electron chi connectivity index (χ2n) is 7.31. The van der Waals surface area contributed by atoms with E-state index in [0.717, 1.165) is 11.3 Å². The van der Waals surface area contributed by atoms with Gasteiger partial charge in [-0.05, 0) is 44.2 Å². The molecule has 1 aliphatic rings. The Balaban J connectivity index is 1.53. The highest BCUT2D eigenvalue weighted by atomic mass is 35.5. The van der Waals surface area contributed by atoms with E-state index >= 15 is 0 Å². The van der Waals surface area contributed by atoms with Gasteiger partial charge in [0, 0.05) is 18.5 Å². The van der Waals surface area contributed by atoms with Crippen molar-refractivity contribution >= 4 is 40.8 Å². The van der Waals surface area contributed by atoms with Crippen LogP contribution in [-0.2, 0) is 16.1 Å². The van der Waals surface area contributed by atoms with E-state index in [1.807, 2.05) is 19.9 Å². The van der Waals surface area contributed by atoms with Crippen LogP contribution in [0.5, 0.6) is 0 Å². The van der Waals surface area contributed by atoms with Crippen molar-refractivity contribution in [3.05, 3.63) is 63.7 Å². The summed E-state index contributed by atoms with van der Waals surface area (Å²) in [7, 11) is 0. The van der Waals surface area contributed by atoms with Crippen molar-refractivity contribution in [3.63, 3.8) is 0 Å². The molecule has 30 heavy (non-hydrogen) atoms. The molecule has 3 aromatic rings. The second kappa shape index (κ2) is 8.16. The van der Waals surface area contributed by atoms with E-state index in [4.69, 9.17) is 27.6 Å². The minimum absolute atomic E-state index is 0.0718. The maximum atomic E-state index is 13.0. The fourth-order valence-corrected chi connectivity index (χ4v) is 3.76. The number of amides is 2. The van der Waals surface area contributed by atoms with Crippen molar-refractivity contribution in [2.24, 2.45) is 5.92 Å². The second-order valence-corrected chi connectivity index (χ2v) is 8.13. The Morgan fingerprint density at radius 1 is 1.27 bits per heavy atom. The molecule has 3 heterocycles. The third-order valence-corrected chi connectivity index (χ3v) is 6.00. The van der Waals surface area contributed by atoms with E-state index in [2.05, 4.69) is 10.4 Å². The minimum Gasteiger partial charge on any atom is -0.467 e. The molecule has 2 amide bonds. The van der Waals surface area contributed by atoms with Crippen LogP contribution in [0.25, 0.3) is 5.69 Å². The van der Waals surface area contributed by atoms with E-state index in [1.54, 1.807) is 40.1 Å².